The van der Waals surface area contributed by atoms with Gasteiger partial charge in [-0.05, 0) is 44.5 Å². The van der Waals surface area contributed by atoms with Gasteiger partial charge < -0.3 is 14.4 Å². The second-order valence-corrected chi connectivity index (χ2v) is 12.4. The summed E-state index contributed by atoms with van der Waals surface area (Å²) in [5, 5.41) is 0.151. The molecule has 5 rings (SSSR count). The van der Waals surface area contributed by atoms with Gasteiger partial charge in [-0.2, -0.15) is 0 Å². The second kappa shape index (κ2) is 11.9. The van der Waals surface area contributed by atoms with Crippen LogP contribution in [-0.2, 0) is 11.3 Å². The summed E-state index contributed by atoms with van der Waals surface area (Å²) in [6.07, 6.45) is 4.34. The van der Waals surface area contributed by atoms with Gasteiger partial charge in [0.25, 0.3) is 0 Å². The van der Waals surface area contributed by atoms with E-state index < -0.39 is 23.1 Å². The van der Waals surface area contributed by atoms with E-state index in [1.165, 1.54) is 26.1 Å². The standard InChI is InChI=1S/C32H34N4O5S/c1-32(2,3)41-31(39)36-27(20-42-29(36)22-12-9-15-33-17-22)28(37)25-18-35(30(38)34(4)5)26-16-23(13-14-24(25)26)40-19-21-10-7-6-8-11-21/h6-18,27,29H,19-20H2,1-5H3/t27-,29?/m0/s1. The third-order valence-electron chi connectivity index (χ3n) is 6.76. The molecule has 2 atom stereocenters. The van der Waals surface area contributed by atoms with Crippen molar-refractivity contribution in [2.75, 3.05) is 19.8 Å². The summed E-state index contributed by atoms with van der Waals surface area (Å²) in [7, 11) is 3.31. The molecule has 0 radical (unpaired) electrons. The van der Waals surface area contributed by atoms with Crippen LogP contribution in [-0.4, -0.2) is 68.7 Å². The van der Waals surface area contributed by atoms with Gasteiger partial charge in [0.1, 0.15) is 29.4 Å². The molecule has 1 unspecified atom stereocenters. The van der Waals surface area contributed by atoms with Crippen molar-refractivity contribution in [1.29, 1.82) is 0 Å². The number of nitrogens with zero attached hydrogens (tertiary/aromatic N) is 4. The average molecular weight is 587 g/mol. The summed E-state index contributed by atoms with van der Waals surface area (Å²) in [4.78, 5) is 48.2. The lowest BCUT2D eigenvalue weighted by molar-refractivity contribution is 0.0173. The third-order valence-corrected chi connectivity index (χ3v) is 8.08. The summed E-state index contributed by atoms with van der Waals surface area (Å²) in [5.74, 6) is 0.664. The van der Waals surface area contributed by atoms with Crippen LogP contribution in [0.2, 0.25) is 0 Å². The predicted molar refractivity (Wildman–Crippen MR) is 163 cm³/mol. The highest BCUT2D eigenvalue weighted by molar-refractivity contribution is 7.99. The Balaban J connectivity index is 1.52. The molecular formula is C32H34N4O5S. The first kappa shape index (κ1) is 29.2. The molecule has 1 aliphatic rings. The van der Waals surface area contributed by atoms with Crippen LogP contribution < -0.4 is 4.74 Å². The maximum absolute atomic E-state index is 14.3. The van der Waals surface area contributed by atoms with Crippen LogP contribution >= 0.6 is 11.8 Å². The molecular weight excluding hydrogens is 552 g/mol. The number of rotatable bonds is 6. The summed E-state index contributed by atoms with van der Waals surface area (Å²) < 4.78 is 13.2. The quantitative estimate of drug-likeness (QED) is 0.242. The lowest BCUT2D eigenvalue weighted by atomic mass is 10.0. The van der Waals surface area contributed by atoms with Crippen molar-refractivity contribution >= 4 is 40.6 Å². The van der Waals surface area contributed by atoms with Gasteiger partial charge in [0.15, 0.2) is 5.78 Å². The molecule has 218 valence electrons. The van der Waals surface area contributed by atoms with Gasteiger partial charge in [0.05, 0.1) is 5.52 Å². The Morgan fingerprint density at radius 1 is 1.05 bits per heavy atom. The largest absolute Gasteiger partial charge is 0.489 e. The Morgan fingerprint density at radius 2 is 1.81 bits per heavy atom. The molecule has 1 aliphatic heterocycles. The minimum absolute atomic E-state index is 0.270. The van der Waals surface area contributed by atoms with Crippen molar-refractivity contribution in [3.05, 3.63) is 95.9 Å². The first-order chi connectivity index (χ1) is 20.0. The lowest BCUT2D eigenvalue weighted by Gasteiger charge is -2.31. The second-order valence-electron chi connectivity index (χ2n) is 11.3. The molecule has 2 aromatic carbocycles. The number of amides is 2. The number of ketones is 1. The first-order valence-corrected chi connectivity index (χ1v) is 14.7. The first-order valence-electron chi connectivity index (χ1n) is 13.6. The van der Waals surface area contributed by atoms with Crippen LogP contribution in [0.4, 0.5) is 9.59 Å². The average Bonchev–Trinajstić information content (AvgIpc) is 3.58. The number of carbonyl (C=O) groups excluding carboxylic acids is 3. The van der Waals surface area contributed by atoms with Crippen LogP contribution in [0.1, 0.15) is 47.6 Å². The van der Waals surface area contributed by atoms with Gasteiger partial charge >= 0.3 is 12.1 Å². The van der Waals surface area contributed by atoms with E-state index >= 15 is 0 Å². The van der Waals surface area contributed by atoms with Crippen LogP contribution in [0, 0.1) is 0 Å². The summed E-state index contributed by atoms with van der Waals surface area (Å²) in [6, 6.07) is 17.7. The summed E-state index contributed by atoms with van der Waals surface area (Å²) >= 11 is 1.48. The molecule has 10 heteroatoms. The summed E-state index contributed by atoms with van der Waals surface area (Å²) in [5.41, 5.74) is 1.95. The molecule has 9 nitrogen and oxygen atoms in total. The highest BCUT2D eigenvalue weighted by Crippen LogP contribution is 2.43. The fraction of sp³-hybridized carbons (Fsp3) is 0.312. The van der Waals surface area contributed by atoms with Crippen molar-refractivity contribution in [1.82, 2.24) is 19.4 Å². The lowest BCUT2D eigenvalue weighted by Crippen LogP contribution is -2.45. The van der Waals surface area contributed by atoms with Crippen LogP contribution in [0.25, 0.3) is 10.9 Å². The fourth-order valence-electron chi connectivity index (χ4n) is 4.81. The van der Waals surface area contributed by atoms with Crippen molar-refractivity contribution in [2.24, 2.45) is 0 Å². The smallest absolute Gasteiger partial charge is 0.412 e. The molecule has 4 aromatic rings. The third kappa shape index (κ3) is 6.13. The maximum Gasteiger partial charge on any atom is 0.412 e. The van der Waals surface area contributed by atoms with Crippen LogP contribution in [0.5, 0.6) is 5.75 Å². The van der Waals surface area contributed by atoms with Gasteiger partial charge in [0.2, 0.25) is 0 Å². The molecule has 0 bridgehead atoms. The molecule has 0 aliphatic carbocycles. The number of benzene rings is 2. The number of carbonyl (C=O) groups is 3. The Kier molecular flexibility index (Phi) is 8.27. The molecule has 2 amide bonds. The van der Waals surface area contributed by atoms with Crippen molar-refractivity contribution in [3.63, 3.8) is 0 Å². The van der Waals surface area contributed by atoms with Gasteiger partial charge in [-0.15, -0.1) is 11.8 Å². The molecule has 0 saturated carbocycles. The summed E-state index contributed by atoms with van der Waals surface area (Å²) in [6.45, 7) is 5.74. The monoisotopic (exact) mass is 586 g/mol. The zero-order valence-corrected chi connectivity index (χ0v) is 25.1. The van der Waals surface area contributed by atoms with Gasteiger partial charge in [-0.3, -0.25) is 19.2 Å². The number of hydrogen-bond acceptors (Lipinski definition) is 7. The van der Waals surface area contributed by atoms with Crippen molar-refractivity contribution in [3.8, 4) is 5.75 Å². The minimum atomic E-state index is -0.808. The zero-order chi connectivity index (χ0) is 30.0. The SMILES string of the molecule is CN(C)C(=O)n1cc(C(=O)[C@@H]2CSC(c3cccnc3)N2C(=O)OC(C)(C)C)c2ccc(OCc3ccccc3)cc21. The van der Waals surface area contributed by atoms with Crippen LogP contribution in [0.15, 0.2) is 79.3 Å². The Labute approximate surface area is 249 Å². The van der Waals surface area contributed by atoms with Crippen molar-refractivity contribution < 1.29 is 23.9 Å². The van der Waals surface area contributed by atoms with E-state index in [0.717, 1.165) is 11.1 Å². The highest BCUT2D eigenvalue weighted by Gasteiger charge is 2.45. The Morgan fingerprint density at radius 3 is 2.48 bits per heavy atom. The van der Waals surface area contributed by atoms with Gasteiger partial charge in [0, 0.05) is 61.0 Å². The number of fused-ring (bicyclic) bond motifs is 1. The molecule has 1 saturated heterocycles. The molecule has 3 heterocycles. The van der Waals surface area contributed by atoms with Crippen molar-refractivity contribution in [2.45, 2.75) is 44.4 Å². The van der Waals surface area contributed by atoms with E-state index in [1.807, 2.05) is 36.4 Å². The van der Waals surface area contributed by atoms with Gasteiger partial charge in [-0.1, -0.05) is 36.4 Å². The number of Topliss-reactive ketones (excluding diaryl/α,β-unsaturated/α-hetero) is 1. The van der Waals surface area contributed by atoms with E-state index in [9.17, 15) is 14.4 Å². The minimum Gasteiger partial charge on any atom is -0.489 e. The fourth-order valence-corrected chi connectivity index (χ4v) is 6.21. The number of ether oxygens (including phenoxy) is 2. The zero-order valence-electron chi connectivity index (χ0n) is 24.3. The number of aromatic nitrogens is 2. The van der Waals surface area contributed by atoms with E-state index in [0.29, 0.717) is 34.6 Å². The molecule has 0 spiro atoms. The van der Waals surface area contributed by atoms with E-state index in [1.54, 1.807) is 77.7 Å². The molecule has 1 fully saturated rings. The van der Waals surface area contributed by atoms with E-state index in [-0.39, 0.29) is 11.8 Å². The Bertz CT molecular complexity index is 1600. The number of hydrogen-bond donors (Lipinski definition) is 0. The van der Waals surface area contributed by atoms with Crippen LogP contribution in [0.3, 0.4) is 0 Å². The predicted octanol–water partition coefficient (Wildman–Crippen LogP) is 6.38. The van der Waals surface area contributed by atoms with E-state index in [2.05, 4.69) is 4.98 Å². The number of pyridine rings is 1. The number of thioether (sulfide) groups is 1. The molecule has 42 heavy (non-hydrogen) atoms. The molecule has 2 aromatic heterocycles. The highest BCUT2D eigenvalue weighted by atomic mass is 32.2. The maximum atomic E-state index is 14.3. The topological polar surface area (TPSA) is 94.0 Å². The van der Waals surface area contributed by atoms with E-state index in [4.69, 9.17) is 9.47 Å². The Hall–Kier alpha value is -4.31. The normalized spacial score (nSPS) is 16.8. The van der Waals surface area contributed by atoms with Gasteiger partial charge in [-0.25, -0.2) is 9.59 Å². The molecule has 0 N–H and O–H groups in total.